The van der Waals surface area contributed by atoms with Crippen molar-refractivity contribution >= 4 is 23.2 Å². The van der Waals surface area contributed by atoms with Gasteiger partial charge in [-0.15, -0.1) is 0 Å². The van der Waals surface area contributed by atoms with Gasteiger partial charge in [-0.2, -0.15) is 0 Å². The van der Waals surface area contributed by atoms with Gasteiger partial charge in [-0.1, -0.05) is 25.5 Å². The Labute approximate surface area is 141 Å². The molecular weight excluding hydrogens is 306 g/mol. The van der Waals surface area contributed by atoms with E-state index in [2.05, 4.69) is 17.2 Å². The fraction of sp³-hybridized carbons (Fsp3) is 0.389. The Morgan fingerprint density at radius 3 is 3.00 bits per heavy atom. The average molecular weight is 327 g/mol. The van der Waals surface area contributed by atoms with Gasteiger partial charge in [0.2, 0.25) is 0 Å². The fourth-order valence-electron chi connectivity index (χ4n) is 2.87. The number of benzene rings is 1. The van der Waals surface area contributed by atoms with Crippen LogP contribution in [0.2, 0.25) is 0 Å². The monoisotopic (exact) mass is 327 g/mol. The first kappa shape index (κ1) is 16.2. The molecule has 1 N–H and O–H groups in total. The zero-order valence-corrected chi connectivity index (χ0v) is 13.9. The predicted octanol–water partition coefficient (Wildman–Crippen LogP) is 1.71. The molecule has 1 aromatic rings. The van der Waals surface area contributed by atoms with Gasteiger partial charge < -0.3 is 15.0 Å². The van der Waals surface area contributed by atoms with E-state index in [-0.39, 0.29) is 18.4 Å². The summed E-state index contributed by atoms with van der Waals surface area (Å²) in [5, 5.41) is 2.75. The van der Waals surface area contributed by atoms with Crippen LogP contribution in [0, 0.1) is 0 Å². The van der Waals surface area contributed by atoms with Crippen LogP contribution in [0.4, 0.5) is 5.69 Å². The molecule has 2 amide bonds. The highest BCUT2D eigenvalue weighted by Crippen LogP contribution is 2.29. The molecule has 2 aliphatic rings. The second-order valence-electron chi connectivity index (χ2n) is 5.96. The molecule has 0 aliphatic carbocycles. The number of ether oxygens (including phenoxy) is 1. The first-order chi connectivity index (χ1) is 11.6. The molecule has 126 valence electrons. The van der Waals surface area contributed by atoms with Crippen molar-refractivity contribution in [1.29, 1.82) is 0 Å². The van der Waals surface area contributed by atoms with Crippen LogP contribution >= 0.6 is 0 Å². The molecule has 24 heavy (non-hydrogen) atoms. The van der Waals surface area contributed by atoms with Crippen LogP contribution < -0.4 is 15.0 Å². The van der Waals surface area contributed by atoms with Crippen molar-refractivity contribution in [3.8, 4) is 5.75 Å². The largest absolute Gasteiger partial charge is 0.489 e. The third-order valence-corrected chi connectivity index (χ3v) is 4.16. The fourth-order valence-corrected chi connectivity index (χ4v) is 2.87. The first-order valence-electron chi connectivity index (χ1n) is 8.14. The Hall–Kier alpha value is -2.63. The number of hydrogen-bond donors (Lipinski definition) is 1. The second kappa shape index (κ2) is 6.86. The van der Waals surface area contributed by atoms with Crippen LogP contribution in [0.3, 0.4) is 0 Å². The number of para-hydroxylation sites is 2. The Morgan fingerprint density at radius 1 is 1.42 bits per heavy atom. The van der Waals surface area contributed by atoms with Crippen molar-refractivity contribution in [2.24, 2.45) is 4.99 Å². The number of aliphatic imine (C=N–C) groups is 1. The average Bonchev–Trinajstić information content (AvgIpc) is 3.02. The van der Waals surface area contributed by atoms with E-state index >= 15 is 0 Å². The molecule has 3 rings (SSSR count). The van der Waals surface area contributed by atoms with E-state index in [1.54, 1.807) is 7.05 Å². The number of hydrogen-bond acceptors (Lipinski definition) is 4. The number of amides is 2. The topological polar surface area (TPSA) is 71.0 Å². The van der Waals surface area contributed by atoms with E-state index in [1.165, 1.54) is 4.90 Å². The highest BCUT2D eigenvalue weighted by atomic mass is 16.5. The Morgan fingerprint density at radius 2 is 2.21 bits per heavy atom. The Kier molecular flexibility index (Phi) is 4.64. The summed E-state index contributed by atoms with van der Waals surface area (Å²) in [6.07, 6.45) is 3.78. The number of fused-ring (bicyclic) bond motifs is 1. The highest BCUT2D eigenvalue weighted by molar-refractivity contribution is 6.44. The van der Waals surface area contributed by atoms with Crippen molar-refractivity contribution in [1.82, 2.24) is 5.32 Å². The van der Waals surface area contributed by atoms with Gasteiger partial charge in [0.1, 0.15) is 24.1 Å². The number of carbonyl (C=O) groups excluding carboxylic acids is 2. The minimum Gasteiger partial charge on any atom is -0.489 e. The third kappa shape index (κ3) is 3.18. The zero-order valence-electron chi connectivity index (χ0n) is 13.9. The van der Waals surface area contributed by atoms with Gasteiger partial charge in [0, 0.05) is 7.05 Å². The summed E-state index contributed by atoms with van der Waals surface area (Å²) in [4.78, 5) is 30.8. The Bertz CT molecular complexity index is 724. The molecule has 6 heteroatoms. The molecular formula is C18H21N3O3. The van der Waals surface area contributed by atoms with Crippen LogP contribution in [-0.4, -0.2) is 43.8 Å². The number of nitrogens with one attached hydrogen (secondary N) is 1. The quantitative estimate of drug-likeness (QED) is 0.915. The molecule has 2 heterocycles. The summed E-state index contributed by atoms with van der Waals surface area (Å²) < 4.78 is 5.69. The van der Waals surface area contributed by atoms with Gasteiger partial charge in [-0.3, -0.25) is 14.6 Å². The normalized spacial score (nSPS) is 19.8. The van der Waals surface area contributed by atoms with Crippen molar-refractivity contribution in [2.75, 3.05) is 25.1 Å². The van der Waals surface area contributed by atoms with Crippen molar-refractivity contribution < 1.29 is 14.3 Å². The second-order valence-corrected chi connectivity index (χ2v) is 5.96. The van der Waals surface area contributed by atoms with E-state index in [0.29, 0.717) is 23.7 Å². The molecule has 1 atom stereocenters. The summed E-state index contributed by atoms with van der Waals surface area (Å²) in [6, 6.07) is 6.59. The minimum absolute atomic E-state index is 0.102. The molecule has 0 bridgehead atoms. The molecule has 6 nitrogen and oxygen atoms in total. The van der Waals surface area contributed by atoms with Crippen molar-refractivity contribution in [3.05, 3.63) is 35.9 Å². The number of carbonyl (C=O) groups is 2. The first-order valence-corrected chi connectivity index (χ1v) is 8.14. The van der Waals surface area contributed by atoms with Gasteiger partial charge in [-0.05, 0) is 30.2 Å². The molecule has 1 aromatic carbocycles. The molecule has 0 aromatic heterocycles. The van der Waals surface area contributed by atoms with E-state index in [1.807, 2.05) is 30.3 Å². The molecule has 2 aliphatic heterocycles. The molecule has 0 fully saturated rings. The lowest BCUT2D eigenvalue weighted by Crippen LogP contribution is -2.50. The summed E-state index contributed by atoms with van der Waals surface area (Å²) in [5.74, 6) is 0.0977. The third-order valence-electron chi connectivity index (χ3n) is 4.16. The maximum Gasteiger partial charge on any atom is 0.270 e. The van der Waals surface area contributed by atoms with Gasteiger partial charge in [0.05, 0.1) is 12.2 Å². The molecule has 0 spiro atoms. The molecule has 0 unspecified atom stereocenters. The van der Waals surface area contributed by atoms with Gasteiger partial charge >= 0.3 is 0 Å². The maximum atomic E-state index is 12.6. The minimum atomic E-state index is -0.735. The highest BCUT2D eigenvalue weighted by Gasteiger charge is 2.31. The maximum absolute atomic E-state index is 12.6. The lowest BCUT2D eigenvalue weighted by molar-refractivity contribution is -0.124. The smallest absolute Gasteiger partial charge is 0.270 e. The lowest BCUT2D eigenvalue weighted by atomic mass is 10.1. The van der Waals surface area contributed by atoms with Gasteiger partial charge in [0.15, 0.2) is 0 Å². The summed E-state index contributed by atoms with van der Waals surface area (Å²) in [5.41, 5.74) is 2.23. The van der Waals surface area contributed by atoms with Crippen LogP contribution in [-0.2, 0) is 9.59 Å². The molecule has 0 saturated carbocycles. The zero-order chi connectivity index (χ0) is 17.1. The number of rotatable bonds is 4. The van der Waals surface area contributed by atoms with Gasteiger partial charge in [-0.25, -0.2) is 0 Å². The lowest BCUT2D eigenvalue weighted by Gasteiger charge is -2.20. The van der Waals surface area contributed by atoms with Gasteiger partial charge in [0.25, 0.3) is 11.8 Å². The summed E-state index contributed by atoms with van der Waals surface area (Å²) in [6.45, 7) is 2.76. The van der Waals surface area contributed by atoms with Crippen LogP contribution in [0.5, 0.6) is 5.75 Å². The van der Waals surface area contributed by atoms with E-state index in [9.17, 15) is 9.59 Å². The standard InChI is InChI=1S/C18H21N3O3/c1-3-6-12-9-13(19-10-12)17(22)20-14-11-24-16-8-5-4-7-15(16)21(2)18(14)23/h4-5,7-9,14H,3,6,10-11H2,1-2H3,(H,20,22)/t14-/m1/s1. The van der Waals surface area contributed by atoms with Crippen LogP contribution in [0.15, 0.2) is 40.9 Å². The van der Waals surface area contributed by atoms with Crippen LogP contribution in [0.1, 0.15) is 19.8 Å². The van der Waals surface area contributed by atoms with Crippen molar-refractivity contribution in [3.63, 3.8) is 0 Å². The predicted molar refractivity (Wildman–Crippen MR) is 92.6 cm³/mol. The van der Waals surface area contributed by atoms with Crippen LogP contribution in [0.25, 0.3) is 0 Å². The number of nitrogens with zero attached hydrogens (tertiary/aromatic N) is 2. The molecule has 0 saturated heterocycles. The van der Waals surface area contributed by atoms with E-state index in [0.717, 1.165) is 18.4 Å². The Balaban J connectivity index is 1.70. The van der Waals surface area contributed by atoms with E-state index < -0.39 is 6.04 Å². The summed E-state index contributed by atoms with van der Waals surface area (Å²) in [7, 11) is 1.68. The number of likely N-dealkylation sites (N-methyl/N-ethyl adjacent to an activating group) is 1. The molecule has 0 radical (unpaired) electrons. The SMILES string of the molecule is CCCC1=CC(C(=O)N[C@@H]2COc3ccccc3N(C)C2=O)=NC1. The summed E-state index contributed by atoms with van der Waals surface area (Å²) >= 11 is 0. The van der Waals surface area contributed by atoms with Crippen molar-refractivity contribution in [2.45, 2.75) is 25.8 Å². The number of anilines is 1. The van der Waals surface area contributed by atoms with E-state index in [4.69, 9.17) is 4.74 Å².